The molecule has 0 aromatic heterocycles. The van der Waals surface area contributed by atoms with Gasteiger partial charge in [0, 0.05) is 52.1 Å². The Labute approximate surface area is 439 Å². The number of guanidine groups is 2. The van der Waals surface area contributed by atoms with Gasteiger partial charge in [-0.05, 0) is 68.9 Å². The van der Waals surface area contributed by atoms with Crippen molar-refractivity contribution in [3.8, 4) is 0 Å². The molecule has 76 heavy (non-hydrogen) atoms. The van der Waals surface area contributed by atoms with Crippen molar-refractivity contribution in [2.45, 2.75) is 113 Å². The summed E-state index contributed by atoms with van der Waals surface area (Å²) >= 11 is 0. The second-order valence-electron chi connectivity index (χ2n) is 18.8. The summed E-state index contributed by atoms with van der Waals surface area (Å²) in [6.07, 6.45) is 2.84. The Morgan fingerprint density at radius 2 is 1.13 bits per heavy atom. The number of aliphatic hydroxyl groups is 1. The first-order chi connectivity index (χ1) is 36.4. The number of benzene rings is 2. The van der Waals surface area contributed by atoms with Gasteiger partial charge in [-0.1, -0.05) is 60.7 Å². The Bertz CT molecular complexity index is 2380. The highest BCUT2D eigenvalue weighted by atomic mass is 16.4. The van der Waals surface area contributed by atoms with E-state index >= 15 is 0 Å². The first-order valence-corrected chi connectivity index (χ1v) is 25.4. The smallest absolute Gasteiger partial charge is 0.336 e. The number of nitrogens with zero attached hydrogens (tertiary/aromatic N) is 4. The minimum Gasteiger partial charge on any atom is -0.480 e. The lowest BCUT2D eigenvalue weighted by atomic mass is 10.0. The maximum Gasteiger partial charge on any atom is 0.336 e. The van der Waals surface area contributed by atoms with E-state index in [1.54, 1.807) is 60.7 Å². The third kappa shape index (κ3) is 17.3. The molecule has 1 unspecified atom stereocenters. The topological polar surface area (TPSA) is 417 Å². The normalized spacial score (nSPS) is 18.0. The fraction of sp³-hybridized carbons (Fsp3) is 0.531. The van der Waals surface area contributed by atoms with Crippen molar-refractivity contribution in [1.82, 2.24) is 57.0 Å². The van der Waals surface area contributed by atoms with E-state index in [0.29, 0.717) is 62.7 Å². The van der Waals surface area contributed by atoms with Crippen molar-refractivity contribution in [3.63, 3.8) is 0 Å². The second-order valence-corrected chi connectivity index (χ2v) is 18.8. The van der Waals surface area contributed by atoms with Crippen molar-refractivity contribution in [1.29, 1.82) is 10.8 Å². The zero-order chi connectivity index (χ0) is 55.3. The molecule has 17 N–H and O–H groups in total. The summed E-state index contributed by atoms with van der Waals surface area (Å²) in [5.41, 5.74) is 18.1. The van der Waals surface area contributed by atoms with Crippen molar-refractivity contribution in [2.75, 3.05) is 52.4 Å². The molecule has 3 saturated heterocycles. The number of hydrogen-bond acceptors (Lipinski definition) is 13. The van der Waals surface area contributed by atoms with Crippen molar-refractivity contribution in [2.24, 2.45) is 17.2 Å². The SMILES string of the molecule is N=C(N)NCCCC(NC(=O)[C@H](Cc1ccccc1)NC(=O)N1CCCN1C(=O)[C@H](CO)NC(=O)[C@H](Cc1ccccc1)NC(=O)CNC(=O)[C@@H]1CCCN1C(=O)[C@@H]1CCCN1C(=O)[C@@H](N)CCCNC(=N)N)C(=O)O. The Balaban J connectivity index is 1.20. The van der Waals surface area contributed by atoms with Crippen LogP contribution in [-0.4, -0.2) is 190 Å². The fourth-order valence-corrected chi connectivity index (χ4v) is 9.28. The van der Waals surface area contributed by atoms with E-state index in [1.807, 2.05) is 0 Å². The Hall–Kier alpha value is -8.07. The van der Waals surface area contributed by atoms with E-state index < -0.39 is 109 Å². The van der Waals surface area contributed by atoms with E-state index in [1.165, 1.54) is 9.80 Å². The number of likely N-dealkylation sites (tertiary alicyclic amines) is 2. The van der Waals surface area contributed by atoms with Crippen LogP contribution in [0.1, 0.15) is 68.9 Å². The first-order valence-electron chi connectivity index (χ1n) is 25.4. The van der Waals surface area contributed by atoms with Crippen LogP contribution in [0.15, 0.2) is 60.7 Å². The van der Waals surface area contributed by atoms with E-state index in [4.69, 9.17) is 28.0 Å². The molecular formula is C49H72N16O11. The van der Waals surface area contributed by atoms with Gasteiger partial charge < -0.3 is 74.4 Å². The number of nitrogens with one attached hydrogen (secondary N) is 9. The highest BCUT2D eigenvalue weighted by Gasteiger charge is 2.43. The fourth-order valence-electron chi connectivity index (χ4n) is 9.28. The van der Waals surface area contributed by atoms with Gasteiger partial charge in [0.15, 0.2) is 11.9 Å². The van der Waals surface area contributed by atoms with Gasteiger partial charge in [-0.3, -0.25) is 44.4 Å². The molecule has 3 aliphatic heterocycles. The summed E-state index contributed by atoms with van der Waals surface area (Å²) in [6.45, 7) is -0.457. The number of aliphatic carboxylic acids is 1. The number of hydrogen-bond donors (Lipinski definition) is 14. The van der Waals surface area contributed by atoms with Crippen LogP contribution in [-0.2, 0) is 51.2 Å². The number of rotatable bonds is 26. The predicted molar refractivity (Wildman–Crippen MR) is 275 cm³/mol. The molecule has 9 amide bonds. The van der Waals surface area contributed by atoms with Crippen LogP contribution in [0.25, 0.3) is 0 Å². The van der Waals surface area contributed by atoms with Gasteiger partial charge in [0.2, 0.25) is 35.4 Å². The Morgan fingerprint density at radius 3 is 1.70 bits per heavy atom. The number of carboxylic acid groups (broad SMARTS) is 1. The van der Waals surface area contributed by atoms with Crippen molar-refractivity contribution >= 4 is 65.3 Å². The standard InChI is InChI=1S/C49H72N16O11/c50-32(16-7-20-55-47(51)52)43(71)63-23-10-19-38(63)45(73)62-22-9-18-37(62)42(70)57-28-39(67)58-34(26-30-12-3-1-4-13-30)40(68)60-36(29-66)44(72)64-24-11-25-65(64)49(76)61-35(27-31-14-5-2-6-15-31)41(69)59-33(46(74)75)17-8-21-56-48(53)54/h1-6,12-15,32-38,66H,7-11,16-29,50H2,(H,57,70)(H,58,67)(H,59,69)(H,60,68)(H,61,76)(H,74,75)(H4,51,52,55)(H4,53,54,56)/t32-,33?,34-,35-,36-,37-,38-/m0/s1. The molecule has 414 valence electrons. The molecule has 7 atom stereocenters. The van der Waals surface area contributed by atoms with Crippen LogP contribution in [0.4, 0.5) is 4.79 Å². The van der Waals surface area contributed by atoms with Crippen molar-refractivity contribution < 1.29 is 53.4 Å². The van der Waals surface area contributed by atoms with Crippen LogP contribution in [0, 0.1) is 10.8 Å². The number of hydrazine groups is 1. The highest BCUT2D eigenvalue weighted by Crippen LogP contribution is 2.26. The average molecular weight is 1060 g/mol. The van der Waals surface area contributed by atoms with Crippen LogP contribution < -0.4 is 54.4 Å². The molecule has 2 aromatic rings. The van der Waals surface area contributed by atoms with Crippen LogP contribution in [0.5, 0.6) is 0 Å². The molecule has 5 rings (SSSR count). The number of amides is 9. The molecule has 0 saturated carbocycles. The summed E-state index contributed by atoms with van der Waals surface area (Å²) < 4.78 is 0. The van der Waals surface area contributed by atoms with E-state index in [-0.39, 0.29) is 70.2 Å². The molecule has 3 aliphatic rings. The largest absolute Gasteiger partial charge is 0.480 e. The van der Waals surface area contributed by atoms with Gasteiger partial charge in [0.1, 0.15) is 36.3 Å². The van der Waals surface area contributed by atoms with E-state index in [2.05, 4.69) is 37.2 Å². The van der Waals surface area contributed by atoms with Gasteiger partial charge >= 0.3 is 12.0 Å². The summed E-state index contributed by atoms with van der Waals surface area (Å²) in [4.78, 5) is 125. The van der Waals surface area contributed by atoms with Crippen LogP contribution in [0.3, 0.4) is 0 Å². The quantitative estimate of drug-likeness (QED) is 0.0247. The molecular weight excluding hydrogens is 989 g/mol. The number of urea groups is 1. The first kappa shape index (κ1) is 58.8. The van der Waals surface area contributed by atoms with Crippen LogP contribution >= 0.6 is 0 Å². The summed E-state index contributed by atoms with van der Waals surface area (Å²) in [5, 5.41) is 55.0. The monoisotopic (exact) mass is 1060 g/mol. The maximum atomic E-state index is 14.1. The van der Waals surface area contributed by atoms with E-state index in [9.17, 15) is 53.4 Å². The van der Waals surface area contributed by atoms with Gasteiger partial charge in [0.05, 0.1) is 19.2 Å². The van der Waals surface area contributed by atoms with E-state index in [0.717, 1.165) is 10.0 Å². The molecule has 27 heteroatoms. The molecule has 0 spiro atoms. The second kappa shape index (κ2) is 29.1. The average Bonchev–Trinajstić information content (AvgIpc) is 4.22. The third-order valence-corrected chi connectivity index (χ3v) is 13.2. The van der Waals surface area contributed by atoms with Gasteiger partial charge in [-0.2, -0.15) is 0 Å². The zero-order valence-electron chi connectivity index (χ0n) is 42.3. The predicted octanol–water partition coefficient (Wildman–Crippen LogP) is -3.52. The summed E-state index contributed by atoms with van der Waals surface area (Å²) in [7, 11) is 0. The number of carbonyl (C=O) groups excluding carboxylic acids is 8. The molecule has 27 nitrogen and oxygen atoms in total. The van der Waals surface area contributed by atoms with Gasteiger partial charge in [-0.15, -0.1) is 0 Å². The molecule has 3 fully saturated rings. The zero-order valence-corrected chi connectivity index (χ0v) is 42.3. The number of aliphatic hydroxyl groups excluding tert-OH is 1. The molecule has 0 bridgehead atoms. The Kier molecular flexibility index (Phi) is 22.5. The molecule has 3 heterocycles. The molecule has 0 radical (unpaired) electrons. The lowest BCUT2D eigenvalue weighted by Gasteiger charge is -2.32. The van der Waals surface area contributed by atoms with Crippen LogP contribution in [0.2, 0.25) is 0 Å². The number of carbonyl (C=O) groups is 9. The van der Waals surface area contributed by atoms with Gasteiger partial charge in [0.25, 0.3) is 5.91 Å². The number of carboxylic acids is 1. The van der Waals surface area contributed by atoms with Crippen molar-refractivity contribution in [3.05, 3.63) is 71.8 Å². The molecule has 2 aromatic carbocycles. The summed E-state index contributed by atoms with van der Waals surface area (Å²) in [6, 6.07) is 8.01. The maximum absolute atomic E-state index is 14.1. The highest BCUT2D eigenvalue weighted by molar-refractivity contribution is 5.97. The summed E-state index contributed by atoms with van der Waals surface area (Å²) in [5.74, 6) is -6.63. The molecule has 0 aliphatic carbocycles. The van der Waals surface area contributed by atoms with Gasteiger partial charge in [-0.25, -0.2) is 19.6 Å². The minimum absolute atomic E-state index is 0.00806. The lowest BCUT2D eigenvalue weighted by Crippen LogP contribution is -2.61. The minimum atomic E-state index is -1.63. The lowest BCUT2D eigenvalue weighted by molar-refractivity contribution is -0.147. The Morgan fingerprint density at radius 1 is 0.605 bits per heavy atom. The third-order valence-electron chi connectivity index (χ3n) is 13.2. The number of nitrogens with two attached hydrogens (primary N) is 3.